The number of hydrogen-bond acceptors (Lipinski definition) is 3. The zero-order chi connectivity index (χ0) is 12.3. The fourth-order valence-electron chi connectivity index (χ4n) is 1.87. The second-order valence-electron chi connectivity index (χ2n) is 4.19. The summed E-state index contributed by atoms with van der Waals surface area (Å²) in [6.45, 7) is 5.24. The minimum atomic E-state index is 0.986. The van der Waals surface area contributed by atoms with Gasteiger partial charge in [-0.15, -0.1) is 11.3 Å². The molecule has 0 saturated carbocycles. The number of aryl methyl sites for hydroxylation is 2. The third kappa shape index (κ3) is 2.73. The van der Waals surface area contributed by atoms with Crippen molar-refractivity contribution in [1.82, 2.24) is 10.3 Å². The highest BCUT2D eigenvalue weighted by Gasteiger charge is 2.10. The first-order valence-electron chi connectivity index (χ1n) is 5.89. The fourth-order valence-corrected chi connectivity index (χ4v) is 3.02. The average Bonchev–Trinajstić information content (AvgIpc) is 2.68. The maximum atomic E-state index is 4.64. The smallest absolute Gasteiger partial charge is 0.0947 e. The van der Waals surface area contributed by atoms with Crippen molar-refractivity contribution in [3.05, 3.63) is 40.5 Å². The quantitative estimate of drug-likeness (QED) is 0.896. The lowest BCUT2D eigenvalue weighted by Gasteiger charge is -2.02. The van der Waals surface area contributed by atoms with Crippen molar-refractivity contribution in [3.8, 4) is 10.4 Å². The van der Waals surface area contributed by atoms with Gasteiger partial charge in [-0.3, -0.25) is 0 Å². The van der Waals surface area contributed by atoms with Crippen LogP contribution >= 0.6 is 11.3 Å². The van der Waals surface area contributed by atoms with Gasteiger partial charge in [-0.2, -0.15) is 0 Å². The van der Waals surface area contributed by atoms with Gasteiger partial charge < -0.3 is 5.32 Å². The molecule has 0 spiro atoms. The van der Waals surface area contributed by atoms with Crippen LogP contribution in [0.15, 0.2) is 24.3 Å². The van der Waals surface area contributed by atoms with Crippen LogP contribution in [0, 0.1) is 13.8 Å². The first-order valence-corrected chi connectivity index (χ1v) is 6.71. The average molecular weight is 246 g/mol. The summed E-state index contributed by atoms with van der Waals surface area (Å²) < 4.78 is 0. The van der Waals surface area contributed by atoms with Gasteiger partial charge in [-0.1, -0.05) is 24.3 Å². The molecule has 0 unspecified atom stereocenters. The summed E-state index contributed by atoms with van der Waals surface area (Å²) in [5.74, 6) is 0. The number of likely N-dealkylation sites (N-methyl/N-ethyl adjacent to an activating group) is 1. The van der Waals surface area contributed by atoms with Crippen LogP contribution in [-0.2, 0) is 6.42 Å². The van der Waals surface area contributed by atoms with E-state index in [1.54, 1.807) is 0 Å². The molecule has 0 fully saturated rings. The van der Waals surface area contributed by atoms with Crippen molar-refractivity contribution in [2.24, 2.45) is 0 Å². The van der Waals surface area contributed by atoms with Gasteiger partial charge in [0.05, 0.1) is 15.6 Å². The van der Waals surface area contributed by atoms with Gasteiger partial charge in [-0.05, 0) is 32.0 Å². The van der Waals surface area contributed by atoms with E-state index >= 15 is 0 Å². The van der Waals surface area contributed by atoms with Crippen LogP contribution in [0.1, 0.15) is 16.3 Å². The molecule has 0 radical (unpaired) electrons. The predicted octanol–water partition coefficient (Wildman–Crippen LogP) is 3.19. The van der Waals surface area contributed by atoms with E-state index in [2.05, 4.69) is 48.4 Å². The topological polar surface area (TPSA) is 24.9 Å². The Morgan fingerprint density at radius 2 is 2.00 bits per heavy atom. The van der Waals surface area contributed by atoms with E-state index in [0.717, 1.165) is 18.7 Å². The molecule has 1 aromatic carbocycles. The SMILES string of the molecule is CNCCc1nc(C)c(-c2ccccc2C)s1. The number of nitrogens with zero attached hydrogens (tertiary/aromatic N) is 1. The van der Waals surface area contributed by atoms with E-state index in [1.165, 1.54) is 21.0 Å². The van der Waals surface area contributed by atoms with E-state index in [-0.39, 0.29) is 0 Å². The summed E-state index contributed by atoms with van der Waals surface area (Å²) in [5.41, 5.74) is 3.79. The van der Waals surface area contributed by atoms with Gasteiger partial charge in [0.25, 0.3) is 0 Å². The van der Waals surface area contributed by atoms with Gasteiger partial charge in [0.2, 0.25) is 0 Å². The number of aromatic nitrogens is 1. The van der Waals surface area contributed by atoms with Crippen molar-refractivity contribution in [1.29, 1.82) is 0 Å². The van der Waals surface area contributed by atoms with Crippen molar-refractivity contribution in [2.45, 2.75) is 20.3 Å². The molecule has 0 aliphatic heterocycles. The summed E-state index contributed by atoms with van der Waals surface area (Å²) >= 11 is 1.82. The van der Waals surface area contributed by atoms with E-state index in [1.807, 2.05) is 18.4 Å². The normalized spacial score (nSPS) is 10.8. The Morgan fingerprint density at radius 3 is 2.71 bits per heavy atom. The highest BCUT2D eigenvalue weighted by molar-refractivity contribution is 7.15. The predicted molar refractivity (Wildman–Crippen MR) is 74.7 cm³/mol. The Kier molecular flexibility index (Phi) is 3.92. The van der Waals surface area contributed by atoms with Gasteiger partial charge in [0.15, 0.2) is 0 Å². The molecule has 2 nitrogen and oxygen atoms in total. The monoisotopic (exact) mass is 246 g/mol. The molecule has 0 saturated heterocycles. The lowest BCUT2D eigenvalue weighted by Crippen LogP contribution is -2.09. The van der Waals surface area contributed by atoms with Crippen molar-refractivity contribution < 1.29 is 0 Å². The van der Waals surface area contributed by atoms with E-state index in [0.29, 0.717) is 0 Å². The number of hydrogen-bond donors (Lipinski definition) is 1. The molecule has 0 atom stereocenters. The maximum absolute atomic E-state index is 4.64. The lowest BCUT2D eigenvalue weighted by molar-refractivity contribution is 0.786. The minimum Gasteiger partial charge on any atom is -0.319 e. The molecule has 90 valence electrons. The molecule has 3 heteroatoms. The molecule has 1 heterocycles. The second kappa shape index (κ2) is 5.43. The van der Waals surface area contributed by atoms with Gasteiger partial charge >= 0.3 is 0 Å². The Hall–Kier alpha value is -1.19. The fraction of sp³-hybridized carbons (Fsp3) is 0.357. The second-order valence-corrected chi connectivity index (χ2v) is 5.27. The van der Waals surface area contributed by atoms with Gasteiger partial charge in [0.1, 0.15) is 0 Å². The highest BCUT2D eigenvalue weighted by atomic mass is 32.1. The summed E-state index contributed by atoms with van der Waals surface area (Å²) in [7, 11) is 1.97. The van der Waals surface area contributed by atoms with Crippen LogP contribution < -0.4 is 5.32 Å². The molecule has 0 amide bonds. The first kappa shape index (κ1) is 12.3. The van der Waals surface area contributed by atoms with Gasteiger partial charge in [-0.25, -0.2) is 4.98 Å². The number of rotatable bonds is 4. The minimum absolute atomic E-state index is 0.986. The van der Waals surface area contributed by atoms with Crippen LogP contribution in [0.2, 0.25) is 0 Å². The van der Waals surface area contributed by atoms with Crippen LogP contribution in [-0.4, -0.2) is 18.6 Å². The highest BCUT2D eigenvalue weighted by Crippen LogP contribution is 2.32. The van der Waals surface area contributed by atoms with E-state index in [9.17, 15) is 0 Å². The molecule has 17 heavy (non-hydrogen) atoms. The number of nitrogens with one attached hydrogen (secondary N) is 1. The van der Waals surface area contributed by atoms with Crippen molar-refractivity contribution in [2.75, 3.05) is 13.6 Å². The molecular formula is C14H18N2S. The number of thiazole rings is 1. The molecule has 1 aromatic heterocycles. The van der Waals surface area contributed by atoms with Crippen LogP contribution in [0.5, 0.6) is 0 Å². The summed E-state index contributed by atoms with van der Waals surface area (Å²) in [6.07, 6.45) is 1.01. The van der Waals surface area contributed by atoms with E-state index in [4.69, 9.17) is 0 Å². The summed E-state index contributed by atoms with van der Waals surface area (Å²) in [5, 5.41) is 4.38. The Labute approximate surface area is 107 Å². The third-order valence-corrected chi connectivity index (χ3v) is 4.07. The molecular weight excluding hydrogens is 228 g/mol. The van der Waals surface area contributed by atoms with Gasteiger partial charge in [0, 0.05) is 13.0 Å². The Morgan fingerprint density at radius 1 is 1.24 bits per heavy atom. The maximum Gasteiger partial charge on any atom is 0.0947 e. The molecule has 0 aliphatic rings. The van der Waals surface area contributed by atoms with Crippen molar-refractivity contribution >= 4 is 11.3 Å². The first-order chi connectivity index (χ1) is 8.22. The molecule has 0 aliphatic carbocycles. The molecule has 1 N–H and O–H groups in total. The van der Waals surface area contributed by atoms with Crippen LogP contribution in [0.3, 0.4) is 0 Å². The third-order valence-electron chi connectivity index (χ3n) is 2.82. The zero-order valence-electron chi connectivity index (χ0n) is 10.6. The zero-order valence-corrected chi connectivity index (χ0v) is 11.4. The lowest BCUT2D eigenvalue weighted by atomic mass is 10.1. The Balaban J connectivity index is 2.33. The summed E-state index contributed by atoms with van der Waals surface area (Å²) in [6, 6.07) is 8.51. The van der Waals surface area contributed by atoms with E-state index < -0.39 is 0 Å². The van der Waals surface area contributed by atoms with Crippen LogP contribution in [0.25, 0.3) is 10.4 Å². The molecule has 0 bridgehead atoms. The molecule has 2 aromatic rings. The number of benzene rings is 1. The summed E-state index contributed by atoms with van der Waals surface area (Å²) in [4.78, 5) is 5.96. The largest absolute Gasteiger partial charge is 0.319 e. The Bertz CT molecular complexity index is 503. The molecule has 2 rings (SSSR count). The van der Waals surface area contributed by atoms with Crippen molar-refractivity contribution in [3.63, 3.8) is 0 Å². The standard InChI is InChI=1S/C14H18N2S/c1-10-6-4-5-7-12(10)14-11(2)16-13(17-14)8-9-15-3/h4-7,15H,8-9H2,1-3H3. The van der Waals surface area contributed by atoms with Crippen LogP contribution in [0.4, 0.5) is 0 Å².